The van der Waals surface area contributed by atoms with E-state index in [0.29, 0.717) is 17.6 Å². The molecule has 1 aromatic heterocycles. The Hall–Kier alpha value is -2.23. The minimum atomic E-state index is -3.83. The molecule has 0 saturated carbocycles. The van der Waals surface area contributed by atoms with Crippen molar-refractivity contribution in [2.45, 2.75) is 30.6 Å². The van der Waals surface area contributed by atoms with Crippen LogP contribution in [-0.4, -0.2) is 49.5 Å². The molecule has 0 atom stereocenters. The first-order valence-corrected chi connectivity index (χ1v) is 12.7. The van der Waals surface area contributed by atoms with Crippen LogP contribution >= 0.6 is 15.9 Å². The predicted octanol–water partition coefficient (Wildman–Crippen LogP) is 4.45. The Kier molecular flexibility index (Phi) is 7.04. The normalized spacial score (nSPS) is 15.1. The number of aromatic nitrogens is 2. The molecule has 31 heavy (non-hydrogen) atoms. The van der Waals surface area contributed by atoms with Crippen molar-refractivity contribution in [1.29, 1.82) is 0 Å². The quantitative estimate of drug-likeness (QED) is 0.456. The van der Waals surface area contributed by atoms with Gasteiger partial charge in [-0.15, -0.1) is 0 Å². The van der Waals surface area contributed by atoms with Gasteiger partial charge in [-0.05, 0) is 68.8 Å². The van der Waals surface area contributed by atoms with Gasteiger partial charge in [-0.1, -0.05) is 34.5 Å². The number of para-hydroxylation sites is 2. The molecule has 1 aliphatic rings. The largest absolute Gasteiger partial charge is 0.475 e. The molecule has 1 aliphatic heterocycles. The highest BCUT2D eigenvalue weighted by molar-refractivity contribution is 9.10. The molecule has 0 aliphatic carbocycles. The highest BCUT2D eigenvalue weighted by Crippen LogP contribution is 2.26. The van der Waals surface area contributed by atoms with E-state index >= 15 is 0 Å². The standard InChI is InChI=1S/C22H25BrN4O3S/c23-17-9-11-18(12-10-17)31(28,29)26-21-22(25-20-8-3-2-7-19(20)24-21)30-16-6-15-27-13-4-1-5-14-27/h2-3,7-12H,1,4-6,13-16H2,(H,24,26). The maximum atomic E-state index is 12.9. The van der Waals surface area contributed by atoms with Crippen LogP contribution in [0.3, 0.4) is 0 Å². The summed E-state index contributed by atoms with van der Waals surface area (Å²) < 4.78 is 35.0. The van der Waals surface area contributed by atoms with E-state index in [0.717, 1.165) is 30.5 Å². The molecule has 0 bridgehead atoms. The Morgan fingerprint density at radius 2 is 1.65 bits per heavy atom. The van der Waals surface area contributed by atoms with Crippen molar-refractivity contribution < 1.29 is 13.2 Å². The summed E-state index contributed by atoms with van der Waals surface area (Å²) in [4.78, 5) is 11.6. The van der Waals surface area contributed by atoms with Gasteiger partial charge in [-0.25, -0.2) is 18.4 Å². The molecule has 9 heteroatoms. The second kappa shape index (κ2) is 9.93. The minimum Gasteiger partial charge on any atom is -0.475 e. The molecule has 2 aromatic carbocycles. The number of nitrogens with one attached hydrogen (secondary N) is 1. The number of rotatable bonds is 8. The lowest BCUT2D eigenvalue weighted by Crippen LogP contribution is -2.31. The van der Waals surface area contributed by atoms with Crippen LogP contribution in [0.4, 0.5) is 5.82 Å². The second-order valence-corrected chi connectivity index (χ2v) is 10.1. The highest BCUT2D eigenvalue weighted by Gasteiger charge is 2.20. The topological polar surface area (TPSA) is 84.4 Å². The number of fused-ring (bicyclic) bond motifs is 1. The van der Waals surface area contributed by atoms with E-state index in [2.05, 4.69) is 35.5 Å². The second-order valence-electron chi connectivity index (χ2n) is 7.53. The van der Waals surface area contributed by atoms with Crippen LogP contribution in [0.25, 0.3) is 11.0 Å². The number of anilines is 1. The minimum absolute atomic E-state index is 0.0968. The van der Waals surface area contributed by atoms with E-state index < -0.39 is 10.0 Å². The van der Waals surface area contributed by atoms with Gasteiger partial charge in [0.25, 0.3) is 15.9 Å². The van der Waals surface area contributed by atoms with Gasteiger partial charge in [0.2, 0.25) is 5.82 Å². The molecule has 7 nitrogen and oxygen atoms in total. The third-order valence-electron chi connectivity index (χ3n) is 5.20. The molecule has 0 amide bonds. The number of benzene rings is 2. The SMILES string of the molecule is O=S(=O)(Nc1nc2ccccc2nc1OCCCN1CCCCC1)c1ccc(Br)cc1. The van der Waals surface area contributed by atoms with Crippen LogP contribution in [0.1, 0.15) is 25.7 Å². The van der Waals surface area contributed by atoms with Gasteiger partial charge >= 0.3 is 0 Å². The summed E-state index contributed by atoms with van der Waals surface area (Å²) >= 11 is 3.32. The maximum Gasteiger partial charge on any atom is 0.263 e. The molecular formula is C22H25BrN4O3S. The Morgan fingerprint density at radius 3 is 2.35 bits per heavy atom. The predicted molar refractivity (Wildman–Crippen MR) is 125 cm³/mol. The summed E-state index contributed by atoms with van der Waals surface area (Å²) in [5, 5.41) is 0. The molecule has 0 radical (unpaired) electrons. The molecule has 4 rings (SSSR count). The number of hydrogen-bond acceptors (Lipinski definition) is 6. The van der Waals surface area contributed by atoms with E-state index in [9.17, 15) is 8.42 Å². The monoisotopic (exact) mass is 504 g/mol. The van der Waals surface area contributed by atoms with Crippen molar-refractivity contribution in [3.63, 3.8) is 0 Å². The number of sulfonamides is 1. The maximum absolute atomic E-state index is 12.9. The van der Waals surface area contributed by atoms with Crippen LogP contribution in [0, 0.1) is 0 Å². The number of halogens is 1. The van der Waals surface area contributed by atoms with Gasteiger partial charge in [0.15, 0.2) is 0 Å². The summed E-state index contributed by atoms with van der Waals surface area (Å²) in [6.45, 7) is 3.67. The van der Waals surface area contributed by atoms with E-state index in [4.69, 9.17) is 4.74 Å². The van der Waals surface area contributed by atoms with Crippen molar-refractivity contribution in [3.8, 4) is 5.88 Å². The van der Waals surface area contributed by atoms with Crippen LogP contribution in [-0.2, 0) is 10.0 Å². The Morgan fingerprint density at radius 1 is 0.968 bits per heavy atom. The summed E-state index contributed by atoms with van der Waals surface area (Å²) in [6.07, 6.45) is 4.65. The lowest BCUT2D eigenvalue weighted by molar-refractivity contribution is 0.203. The van der Waals surface area contributed by atoms with Crippen molar-refractivity contribution >= 4 is 42.8 Å². The molecule has 3 aromatic rings. The number of nitrogens with zero attached hydrogens (tertiary/aromatic N) is 3. The summed E-state index contributed by atoms with van der Waals surface area (Å²) in [7, 11) is -3.83. The van der Waals surface area contributed by atoms with Gasteiger partial charge in [-0.3, -0.25) is 4.72 Å². The van der Waals surface area contributed by atoms with Gasteiger partial charge < -0.3 is 9.64 Å². The van der Waals surface area contributed by atoms with Crippen molar-refractivity contribution in [1.82, 2.24) is 14.9 Å². The van der Waals surface area contributed by atoms with Crippen LogP contribution in [0.2, 0.25) is 0 Å². The van der Waals surface area contributed by atoms with Crippen LogP contribution < -0.4 is 9.46 Å². The van der Waals surface area contributed by atoms with Gasteiger partial charge in [0.1, 0.15) is 0 Å². The first-order valence-electron chi connectivity index (χ1n) is 10.4. The van der Waals surface area contributed by atoms with E-state index in [1.165, 1.54) is 31.4 Å². The molecule has 1 saturated heterocycles. The zero-order chi connectivity index (χ0) is 21.7. The summed E-state index contributed by atoms with van der Waals surface area (Å²) in [6, 6.07) is 13.7. The Bertz CT molecular complexity index is 1130. The van der Waals surface area contributed by atoms with Gasteiger partial charge in [0, 0.05) is 11.0 Å². The van der Waals surface area contributed by atoms with E-state index in [-0.39, 0.29) is 16.6 Å². The molecule has 1 fully saturated rings. The first kappa shape index (κ1) is 22.0. The van der Waals surface area contributed by atoms with E-state index in [1.54, 1.807) is 18.2 Å². The highest BCUT2D eigenvalue weighted by atomic mass is 79.9. The fraction of sp³-hybridized carbons (Fsp3) is 0.364. The number of likely N-dealkylation sites (tertiary alicyclic amines) is 1. The van der Waals surface area contributed by atoms with E-state index in [1.807, 2.05) is 18.2 Å². The molecule has 164 valence electrons. The first-order chi connectivity index (χ1) is 15.0. The fourth-order valence-electron chi connectivity index (χ4n) is 3.59. The Labute approximate surface area is 191 Å². The molecule has 0 spiro atoms. The molecule has 1 N–H and O–H groups in total. The lowest BCUT2D eigenvalue weighted by Gasteiger charge is -2.26. The zero-order valence-electron chi connectivity index (χ0n) is 17.1. The number of hydrogen-bond donors (Lipinski definition) is 1. The smallest absolute Gasteiger partial charge is 0.263 e. The summed E-state index contributed by atoms with van der Waals surface area (Å²) in [5.41, 5.74) is 1.25. The average molecular weight is 505 g/mol. The van der Waals surface area contributed by atoms with Crippen molar-refractivity contribution in [2.24, 2.45) is 0 Å². The number of piperidine rings is 1. The fourth-order valence-corrected chi connectivity index (χ4v) is 4.86. The van der Waals surface area contributed by atoms with Crippen LogP contribution in [0.15, 0.2) is 57.9 Å². The average Bonchev–Trinajstić information content (AvgIpc) is 2.77. The molecular weight excluding hydrogens is 480 g/mol. The van der Waals surface area contributed by atoms with Gasteiger partial charge in [0.05, 0.1) is 22.5 Å². The molecule has 2 heterocycles. The third-order valence-corrected chi connectivity index (χ3v) is 7.08. The lowest BCUT2D eigenvalue weighted by atomic mass is 10.1. The van der Waals surface area contributed by atoms with Crippen LogP contribution in [0.5, 0.6) is 5.88 Å². The number of ether oxygens (including phenoxy) is 1. The molecule has 0 unspecified atom stereocenters. The Balaban J connectivity index is 1.52. The van der Waals surface area contributed by atoms with Crippen molar-refractivity contribution in [2.75, 3.05) is 31.0 Å². The van der Waals surface area contributed by atoms with Crippen molar-refractivity contribution in [3.05, 3.63) is 53.0 Å². The van der Waals surface area contributed by atoms with Gasteiger partial charge in [-0.2, -0.15) is 0 Å². The third kappa shape index (κ3) is 5.72. The summed E-state index contributed by atoms with van der Waals surface area (Å²) in [5.74, 6) is 0.289. The zero-order valence-corrected chi connectivity index (χ0v) is 19.5.